The van der Waals surface area contributed by atoms with Crippen LogP contribution in [0.25, 0.3) is 93.1 Å². The van der Waals surface area contributed by atoms with E-state index < -0.39 is 0 Å². The number of aromatic nitrogens is 2. The molecule has 0 unspecified atom stereocenters. The second-order valence-electron chi connectivity index (χ2n) is 14.3. The van der Waals surface area contributed by atoms with Crippen LogP contribution in [-0.4, -0.2) is 9.55 Å². The second-order valence-corrected chi connectivity index (χ2v) is 14.3. The molecule has 0 N–H and O–H groups in total. The summed E-state index contributed by atoms with van der Waals surface area (Å²) in [7, 11) is 0. The van der Waals surface area contributed by atoms with Gasteiger partial charge in [-0.2, -0.15) is 0 Å². The lowest BCUT2D eigenvalue weighted by Gasteiger charge is -2.24. The molecule has 10 aromatic rings. The van der Waals surface area contributed by atoms with Gasteiger partial charge in [0.1, 0.15) is 0 Å². The van der Waals surface area contributed by atoms with E-state index in [1.54, 1.807) is 0 Å². The van der Waals surface area contributed by atoms with Crippen LogP contribution in [0.5, 0.6) is 0 Å². The highest BCUT2D eigenvalue weighted by atomic mass is 15.0. The van der Waals surface area contributed by atoms with Crippen molar-refractivity contribution in [3.63, 3.8) is 0 Å². The van der Waals surface area contributed by atoms with Gasteiger partial charge >= 0.3 is 0 Å². The molecule has 50 heavy (non-hydrogen) atoms. The Labute approximate surface area is 289 Å². The molecule has 0 fully saturated rings. The summed E-state index contributed by atoms with van der Waals surface area (Å²) in [5.74, 6) is 0. The Morgan fingerprint density at radius 2 is 1.12 bits per heavy atom. The molecule has 11 rings (SSSR count). The molecule has 0 saturated heterocycles. The molecule has 2 heteroatoms. The Bertz CT molecular complexity index is 3070. The zero-order chi connectivity index (χ0) is 33.1. The minimum absolute atomic E-state index is 0.148. The Kier molecular flexibility index (Phi) is 5.48. The number of pyridine rings is 1. The summed E-state index contributed by atoms with van der Waals surface area (Å²) in [4.78, 5) is 5.48. The van der Waals surface area contributed by atoms with Crippen molar-refractivity contribution in [2.75, 3.05) is 0 Å². The quantitative estimate of drug-likeness (QED) is 0.173. The highest BCUT2D eigenvalue weighted by molar-refractivity contribution is 6.33. The summed E-state index contributed by atoms with van der Waals surface area (Å²) in [6, 6.07) is 57.8. The fraction of sp³-hybridized carbons (Fsp3) is 0.0625. The van der Waals surface area contributed by atoms with Gasteiger partial charge in [0.2, 0.25) is 0 Å². The zero-order valence-corrected chi connectivity index (χ0v) is 27.9. The summed E-state index contributed by atoms with van der Waals surface area (Å²) >= 11 is 0. The average Bonchev–Trinajstić information content (AvgIpc) is 3.63. The Hall–Kier alpha value is -6.25. The monoisotopic (exact) mass is 636 g/mol. The van der Waals surface area contributed by atoms with E-state index in [1.165, 1.54) is 81.8 Å². The first-order valence-corrected chi connectivity index (χ1v) is 17.5. The van der Waals surface area contributed by atoms with Crippen molar-refractivity contribution in [2.24, 2.45) is 0 Å². The first-order valence-electron chi connectivity index (χ1n) is 17.5. The SMILES string of the molecule is CC1(C)c2ccccc2-c2ccc3c4ccccc4n(-c4cccc(-c5nc6ccccc6c6c7ccccc7c7ccccc7c56)c4)c3c21. The number of nitrogens with zero attached hydrogens (tertiary/aromatic N) is 2. The van der Waals surface area contributed by atoms with Gasteiger partial charge in [-0.3, -0.25) is 0 Å². The summed E-state index contributed by atoms with van der Waals surface area (Å²) in [5.41, 5.74) is 12.1. The first-order chi connectivity index (χ1) is 24.6. The van der Waals surface area contributed by atoms with E-state index in [9.17, 15) is 0 Å². The normalized spacial score (nSPS) is 13.6. The van der Waals surface area contributed by atoms with E-state index in [-0.39, 0.29) is 5.41 Å². The number of rotatable bonds is 2. The number of fused-ring (bicyclic) bond motifs is 15. The molecule has 8 aromatic carbocycles. The Morgan fingerprint density at radius 1 is 0.480 bits per heavy atom. The number of hydrogen-bond donors (Lipinski definition) is 0. The molecular weight excluding hydrogens is 605 g/mol. The molecule has 1 aliphatic rings. The van der Waals surface area contributed by atoms with Gasteiger partial charge in [0.25, 0.3) is 0 Å². The van der Waals surface area contributed by atoms with Crippen molar-refractivity contribution < 1.29 is 0 Å². The van der Waals surface area contributed by atoms with E-state index >= 15 is 0 Å². The molecule has 1 aliphatic carbocycles. The summed E-state index contributed by atoms with van der Waals surface area (Å²) in [6.07, 6.45) is 0. The lowest BCUT2D eigenvalue weighted by atomic mass is 9.81. The van der Waals surface area contributed by atoms with Crippen molar-refractivity contribution in [1.29, 1.82) is 0 Å². The van der Waals surface area contributed by atoms with Gasteiger partial charge < -0.3 is 4.57 Å². The molecule has 0 atom stereocenters. The molecule has 0 amide bonds. The maximum absolute atomic E-state index is 5.48. The maximum Gasteiger partial charge on any atom is 0.0795 e. The van der Waals surface area contributed by atoms with Crippen LogP contribution in [0.2, 0.25) is 0 Å². The van der Waals surface area contributed by atoms with Crippen LogP contribution in [-0.2, 0) is 5.41 Å². The molecule has 0 bridgehead atoms. The summed E-state index contributed by atoms with van der Waals surface area (Å²) in [5, 5.41) is 11.2. The van der Waals surface area contributed by atoms with Gasteiger partial charge in [-0.25, -0.2) is 4.98 Å². The lowest BCUT2D eigenvalue weighted by Crippen LogP contribution is -2.16. The smallest absolute Gasteiger partial charge is 0.0795 e. The zero-order valence-electron chi connectivity index (χ0n) is 27.9. The third kappa shape index (κ3) is 3.55. The third-order valence-corrected chi connectivity index (χ3v) is 11.3. The molecule has 2 nitrogen and oxygen atoms in total. The Balaban J connectivity index is 1.26. The van der Waals surface area contributed by atoms with E-state index in [0.29, 0.717) is 0 Å². The average molecular weight is 637 g/mol. The van der Waals surface area contributed by atoms with E-state index in [0.717, 1.165) is 22.5 Å². The number of para-hydroxylation sites is 2. The second kappa shape index (κ2) is 9.90. The molecule has 0 aliphatic heterocycles. The third-order valence-electron chi connectivity index (χ3n) is 11.3. The van der Waals surface area contributed by atoms with Gasteiger partial charge in [0.05, 0.1) is 22.2 Å². The predicted molar refractivity (Wildman–Crippen MR) is 212 cm³/mol. The van der Waals surface area contributed by atoms with Crippen LogP contribution in [0.4, 0.5) is 0 Å². The molecule has 2 heterocycles. The molecular formula is C48H32N2. The van der Waals surface area contributed by atoms with Gasteiger partial charge in [-0.05, 0) is 68.1 Å². The van der Waals surface area contributed by atoms with Crippen LogP contribution in [0, 0.1) is 0 Å². The molecule has 0 radical (unpaired) electrons. The highest BCUT2D eigenvalue weighted by Gasteiger charge is 2.38. The van der Waals surface area contributed by atoms with Crippen LogP contribution in [0.1, 0.15) is 25.0 Å². The predicted octanol–water partition coefficient (Wildman–Crippen LogP) is 12.8. The van der Waals surface area contributed by atoms with Crippen LogP contribution < -0.4 is 0 Å². The van der Waals surface area contributed by atoms with Crippen LogP contribution in [0.15, 0.2) is 158 Å². The van der Waals surface area contributed by atoms with Crippen LogP contribution >= 0.6 is 0 Å². The lowest BCUT2D eigenvalue weighted by molar-refractivity contribution is 0.664. The minimum atomic E-state index is -0.148. The van der Waals surface area contributed by atoms with Gasteiger partial charge in [-0.15, -0.1) is 0 Å². The fourth-order valence-electron chi connectivity index (χ4n) is 9.21. The van der Waals surface area contributed by atoms with E-state index in [1.807, 2.05) is 0 Å². The Morgan fingerprint density at radius 3 is 1.92 bits per heavy atom. The van der Waals surface area contributed by atoms with Crippen molar-refractivity contribution in [3.8, 4) is 28.1 Å². The highest BCUT2D eigenvalue weighted by Crippen LogP contribution is 2.53. The molecule has 234 valence electrons. The summed E-state index contributed by atoms with van der Waals surface area (Å²) < 4.78 is 2.51. The van der Waals surface area contributed by atoms with Crippen molar-refractivity contribution in [1.82, 2.24) is 9.55 Å². The van der Waals surface area contributed by atoms with Gasteiger partial charge in [-0.1, -0.05) is 147 Å². The molecule has 0 saturated carbocycles. The number of hydrogen-bond acceptors (Lipinski definition) is 1. The standard InChI is InChI=1S/C48H32N2/c1-48(2)40-23-10-7-18-33(40)37-26-27-38-34-19-9-12-25-42(34)50(47(38)45(37)48)30-15-13-14-29(28-30)46-44-36-21-6-4-17-32(36)31-16-3-5-20-35(31)43(44)39-22-8-11-24-41(39)49-46/h3-28H,1-2H3. The van der Waals surface area contributed by atoms with Gasteiger partial charge in [0.15, 0.2) is 0 Å². The first kappa shape index (κ1) is 27.7. The summed E-state index contributed by atoms with van der Waals surface area (Å²) in [6.45, 7) is 4.77. The molecule has 0 spiro atoms. The van der Waals surface area contributed by atoms with Crippen molar-refractivity contribution in [3.05, 3.63) is 169 Å². The largest absolute Gasteiger partial charge is 0.309 e. The van der Waals surface area contributed by atoms with E-state index in [2.05, 4.69) is 176 Å². The minimum Gasteiger partial charge on any atom is -0.309 e. The topological polar surface area (TPSA) is 17.8 Å². The fourth-order valence-corrected chi connectivity index (χ4v) is 9.21. The van der Waals surface area contributed by atoms with Crippen molar-refractivity contribution in [2.45, 2.75) is 19.3 Å². The van der Waals surface area contributed by atoms with Crippen molar-refractivity contribution >= 4 is 65.0 Å². The van der Waals surface area contributed by atoms with Gasteiger partial charge in [0, 0.05) is 43.6 Å². The van der Waals surface area contributed by atoms with Crippen LogP contribution in [0.3, 0.4) is 0 Å². The van der Waals surface area contributed by atoms with E-state index in [4.69, 9.17) is 4.98 Å². The molecule has 2 aromatic heterocycles. The maximum atomic E-state index is 5.48. The number of benzene rings is 8.